The second-order valence-electron chi connectivity index (χ2n) is 4.10. The van der Waals surface area contributed by atoms with Gasteiger partial charge in [0, 0.05) is 10.6 Å². The van der Waals surface area contributed by atoms with E-state index in [2.05, 4.69) is 5.16 Å². The average molecular weight is 326 g/mol. The van der Waals surface area contributed by atoms with Crippen LogP contribution in [0, 0.1) is 0 Å². The van der Waals surface area contributed by atoms with Crippen LogP contribution in [0.15, 0.2) is 40.2 Å². The molecule has 6 heteroatoms. The molecule has 0 unspecified atom stereocenters. The first-order chi connectivity index (χ1) is 9.70. The maximum atomic E-state index is 9.64. The van der Waals surface area contributed by atoms with Gasteiger partial charge in [0.2, 0.25) is 0 Å². The number of aromatic nitrogens is 1. The molecule has 0 aliphatic carbocycles. The first kappa shape index (κ1) is 13.6. The topological polar surface area (TPSA) is 46.3 Å². The highest BCUT2D eigenvalue weighted by Gasteiger charge is 2.20. The Hall–Kier alpha value is -1.33. The number of thiophene rings is 1. The zero-order valence-corrected chi connectivity index (χ0v) is 12.5. The van der Waals surface area contributed by atoms with Crippen molar-refractivity contribution < 1.29 is 9.63 Å². The van der Waals surface area contributed by atoms with Crippen LogP contribution in [0.2, 0.25) is 10.0 Å². The average Bonchev–Trinajstić information content (AvgIpc) is 3.08. The Labute approximate surface area is 129 Å². The molecule has 3 nitrogen and oxygen atoms in total. The Morgan fingerprint density at radius 3 is 2.80 bits per heavy atom. The molecular formula is C14H9Cl2NO2S. The van der Waals surface area contributed by atoms with Crippen molar-refractivity contribution in [3.8, 4) is 21.9 Å². The van der Waals surface area contributed by atoms with Gasteiger partial charge in [0.05, 0.1) is 22.1 Å². The molecule has 102 valence electrons. The third-order valence-electron chi connectivity index (χ3n) is 2.87. The summed E-state index contributed by atoms with van der Waals surface area (Å²) >= 11 is 13.7. The van der Waals surface area contributed by atoms with Crippen molar-refractivity contribution in [3.63, 3.8) is 0 Å². The molecule has 2 aromatic heterocycles. The lowest BCUT2D eigenvalue weighted by atomic mass is 10.1. The Bertz CT molecular complexity index is 738. The van der Waals surface area contributed by atoms with Gasteiger partial charge in [-0.3, -0.25) is 0 Å². The maximum Gasteiger partial charge on any atom is 0.182 e. The molecule has 3 aromatic rings. The van der Waals surface area contributed by atoms with Crippen LogP contribution in [0.25, 0.3) is 21.9 Å². The molecule has 2 heterocycles. The quantitative estimate of drug-likeness (QED) is 0.747. The second kappa shape index (κ2) is 5.58. The number of aliphatic hydroxyl groups excluding tert-OH is 1. The van der Waals surface area contributed by atoms with Gasteiger partial charge < -0.3 is 9.63 Å². The number of halogens is 2. The van der Waals surface area contributed by atoms with Gasteiger partial charge in [0.1, 0.15) is 5.69 Å². The van der Waals surface area contributed by atoms with Crippen molar-refractivity contribution in [2.75, 3.05) is 0 Å². The van der Waals surface area contributed by atoms with Crippen LogP contribution in [-0.4, -0.2) is 10.3 Å². The smallest absolute Gasteiger partial charge is 0.182 e. The van der Waals surface area contributed by atoms with Gasteiger partial charge in [-0.2, -0.15) is 0 Å². The van der Waals surface area contributed by atoms with Crippen LogP contribution in [0.4, 0.5) is 0 Å². The largest absolute Gasteiger partial charge is 0.391 e. The summed E-state index contributed by atoms with van der Waals surface area (Å²) in [5.41, 5.74) is 1.77. The van der Waals surface area contributed by atoms with Gasteiger partial charge in [0.25, 0.3) is 0 Å². The van der Waals surface area contributed by atoms with Crippen molar-refractivity contribution in [1.29, 1.82) is 0 Å². The first-order valence-corrected chi connectivity index (χ1v) is 7.43. The summed E-state index contributed by atoms with van der Waals surface area (Å²) in [5, 5.41) is 16.7. The first-order valence-electron chi connectivity index (χ1n) is 5.79. The van der Waals surface area contributed by atoms with Crippen LogP contribution < -0.4 is 0 Å². The number of benzene rings is 1. The summed E-state index contributed by atoms with van der Waals surface area (Å²) in [6.07, 6.45) is 0. The molecule has 0 fully saturated rings. The number of rotatable bonds is 3. The molecule has 0 aliphatic heterocycles. The van der Waals surface area contributed by atoms with Gasteiger partial charge in [-0.05, 0) is 29.6 Å². The summed E-state index contributed by atoms with van der Waals surface area (Å²) in [7, 11) is 0. The predicted molar refractivity (Wildman–Crippen MR) is 81.2 cm³/mol. The highest BCUT2D eigenvalue weighted by atomic mass is 35.5. The number of nitrogens with zero attached hydrogens (tertiary/aromatic N) is 1. The van der Waals surface area contributed by atoms with Gasteiger partial charge in [-0.15, -0.1) is 11.3 Å². The lowest BCUT2D eigenvalue weighted by Gasteiger charge is -2.03. The minimum atomic E-state index is -0.186. The van der Waals surface area contributed by atoms with E-state index in [1.807, 2.05) is 17.5 Å². The maximum absolute atomic E-state index is 9.64. The zero-order chi connectivity index (χ0) is 14.1. The predicted octanol–water partition coefficient (Wildman–Crippen LogP) is 4.87. The van der Waals surface area contributed by atoms with Crippen LogP contribution in [-0.2, 0) is 6.61 Å². The lowest BCUT2D eigenvalue weighted by molar-refractivity contribution is 0.282. The van der Waals surface area contributed by atoms with Crippen molar-refractivity contribution in [2.24, 2.45) is 0 Å². The molecule has 0 aliphatic rings. The highest BCUT2D eigenvalue weighted by Crippen LogP contribution is 2.37. The molecule has 0 bridgehead atoms. The van der Waals surface area contributed by atoms with Crippen LogP contribution in [0.5, 0.6) is 0 Å². The molecule has 0 amide bonds. The van der Waals surface area contributed by atoms with Crippen molar-refractivity contribution in [2.45, 2.75) is 6.61 Å². The van der Waals surface area contributed by atoms with E-state index in [9.17, 15) is 5.11 Å². The number of aliphatic hydroxyl groups is 1. The van der Waals surface area contributed by atoms with E-state index in [0.717, 1.165) is 4.88 Å². The lowest BCUT2D eigenvalue weighted by Crippen LogP contribution is -1.89. The Morgan fingerprint density at radius 1 is 1.25 bits per heavy atom. The van der Waals surface area contributed by atoms with Crippen LogP contribution >= 0.6 is 34.5 Å². The summed E-state index contributed by atoms with van der Waals surface area (Å²) in [4.78, 5) is 0.908. The fourth-order valence-corrected chi connectivity index (χ4v) is 3.06. The Morgan fingerprint density at radius 2 is 2.10 bits per heavy atom. The molecule has 0 saturated carbocycles. The van der Waals surface area contributed by atoms with Crippen molar-refractivity contribution in [3.05, 3.63) is 51.3 Å². The van der Waals surface area contributed by atoms with Crippen LogP contribution in [0.3, 0.4) is 0 Å². The third-order valence-corrected chi connectivity index (χ3v) is 4.31. The summed E-state index contributed by atoms with van der Waals surface area (Å²) < 4.78 is 5.38. The number of hydrogen-bond acceptors (Lipinski definition) is 4. The van der Waals surface area contributed by atoms with Gasteiger partial charge in [-0.1, -0.05) is 34.4 Å². The minimum absolute atomic E-state index is 0.186. The third kappa shape index (κ3) is 2.36. The van der Waals surface area contributed by atoms with E-state index in [1.54, 1.807) is 18.2 Å². The standard InChI is InChI=1S/C14H9Cl2NO2S/c15-8-3-4-11(16)9(6-8)13-10(7-18)14(19-17-13)12-2-1-5-20-12/h1-6,18H,7H2. The highest BCUT2D eigenvalue weighted by molar-refractivity contribution is 7.13. The van der Waals surface area contributed by atoms with E-state index < -0.39 is 0 Å². The molecule has 20 heavy (non-hydrogen) atoms. The van der Waals surface area contributed by atoms with Gasteiger partial charge >= 0.3 is 0 Å². The molecular weight excluding hydrogens is 317 g/mol. The van der Waals surface area contributed by atoms with E-state index in [4.69, 9.17) is 27.7 Å². The monoisotopic (exact) mass is 325 g/mol. The minimum Gasteiger partial charge on any atom is -0.391 e. The normalized spacial score (nSPS) is 10.9. The van der Waals surface area contributed by atoms with E-state index >= 15 is 0 Å². The van der Waals surface area contributed by atoms with Gasteiger partial charge in [0.15, 0.2) is 5.76 Å². The molecule has 1 aromatic carbocycles. The summed E-state index contributed by atoms with van der Waals surface area (Å²) in [6.45, 7) is -0.186. The summed E-state index contributed by atoms with van der Waals surface area (Å²) in [6, 6.07) is 8.93. The fraction of sp³-hybridized carbons (Fsp3) is 0.0714. The molecule has 0 radical (unpaired) electrons. The van der Waals surface area contributed by atoms with Crippen molar-refractivity contribution in [1.82, 2.24) is 5.16 Å². The molecule has 1 N–H and O–H groups in total. The molecule has 0 spiro atoms. The second-order valence-corrected chi connectivity index (χ2v) is 5.89. The van der Waals surface area contributed by atoms with E-state index in [-0.39, 0.29) is 6.61 Å². The van der Waals surface area contributed by atoms with Crippen molar-refractivity contribution >= 4 is 34.5 Å². The van der Waals surface area contributed by atoms with Crippen LogP contribution in [0.1, 0.15) is 5.56 Å². The molecule has 3 rings (SSSR count). The molecule has 0 saturated heterocycles. The van der Waals surface area contributed by atoms with E-state index in [0.29, 0.717) is 32.6 Å². The Balaban J connectivity index is 2.18. The zero-order valence-electron chi connectivity index (χ0n) is 10.1. The SMILES string of the molecule is OCc1c(-c2cc(Cl)ccc2Cl)noc1-c1cccs1. The van der Waals surface area contributed by atoms with Gasteiger partial charge in [-0.25, -0.2) is 0 Å². The molecule has 0 atom stereocenters. The Kier molecular flexibility index (Phi) is 3.81. The summed E-state index contributed by atoms with van der Waals surface area (Å²) in [5.74, 6) is 0.563. The number of hydrogen-bond donors (Lipinski definition) is 1. The van der Waals surface area contributed by atoms with E-state index in [1.165, 1.54) is 11.3 Å². The fourth-order valence-electron chi connectivity index (χ4n) is 1.95.